The van der Waals surface area contributed by atoms with Crippen LogP contribution in [0.2, 0.25) is 5.02 Å². The van der Waals surface area contributed by atoms with Crippen LogP contribution in [0, 0.1) is 0 Å². The van der Waals surface area contributed by atoms with Crippen molar-refractivity contribution in [3.8, 4) is 0 Å². The van der Waals surface area contributed by atoms with Crippen molar-refractivity contribution in [1.29, 1.82) is 0 Å². The van der Waals surface area contributed by atoms with Gasteiger partial charge in [-0.25, -0.2) is 0 Å². The molecule has 8 nitrogen and oxygen atoms in total. The Morgan fingerprint density at radius 3 is 2.46 bits per heavy atom. The zero-order valence-corrected chi connectivity index (χ0v) is 24.1. The van der Waals surface area contributed by atoms with E-state index in [4.69, 9.17) is 11.6 Å². The molecule has 9 heteroatoms. The van der Waals surface area contributed by atoms with Gasteiger partial charge in [0.2, 0.25) is 17.7 Å². The Morgan fingerprint density at radius 1 is 0.927 bits per heavy atom. The first-order valence-corrected chi connectivity index (χ1v) is 14.9. The fourth-order valence-corrected chi connectivity index (χ4v) is 5.50. The molecular weight excluding hydrogens is 540 g/mol. The fourth-order valence-electron chi connectivity index (χ4n) is 5.37. The topological polar surface area (TPSA) is 108 Å². The number of hydrogen-bond acceptors (Lipinski definition) is 4. The van der Waals surface area contributed by atoms with Crippen molar-refractivity contribution in [2.45, 2.75) is 75.9 Å². The van der Waals surface area contributed by atoms with Gasteiger partial charge in [-0.3, -0.25) is 19.2 Å². The second-order valence-electron chi connectivity index (χ2n) is 10.7. The van der Waals surface area contributed by atoms with Crippen molar-refractivity contribution < 1.29 is 19.2 Å². The molecule has 1 saturated heterocycles. The van der Waals surface area contributed by atoms with E-state index in [9.17, 15) is 19.2 Å². The van der Waals surface area contributed by atoms with Crippen LogP contribution in [0.1, 0.15) is 67.3 Å². The predicted molar refractivity (Wildman–Crippen MR) is 159 cm³/mol. The molecule has 2 heterocycles. The van der Waals surface area contributed by atoms with Crippen molar-refractivity contribution in [2.75, 3.05) is 13.1 Å². The molecule has 0 radical (unpaired) electrons. The SMILES string of the molecule is O=C1CC2CCCN2C(=O)C(Cc2ccccc2)NC(=O)C(NC(=O)c2ccc(Cl)cc2)CCC=CCCCCN1. The lowest BCUT2D eigenvalue weighted by Crippen LogP contribution is -2.56. The minimum Gasteiger partial charge on any atom is -0.356 e. The van der Waals surface area contributed by atoms with Crippen LogP contribution in [0.5, 0.6) is 0 Å². The van der Waals surface area contributed by atoms with Gasteiger partial charge in [-0.1, -0.05) is 54.1 Å². The quantitative estimate of drug-likeness (QED) is 0.473. The van der Waals surface area contributed by atoms with Crippen molar-refractivity contribution in [3.63, 3.8) is 0 Å². The van der Waals surface area contributed by atoms with Gasteiger partial charge >= 0.3 is 0 Å². The number of carbonyl (C=O) groups excluding carboxylic acids is 4. The Kier molecular flexibility index (Phi) is 11.4. The van der Waals surface area contributed by atoms with Gasteiger partial charge < -0.3 is 20.9 Å². The predicted octanol–water partition coefficient (Wildman–Crippen LogP) is 4.18. The smallest absolute Gasteiger partial charge is 0.251 e. The summed E-state index contributed by atoms with van der Waals surface area (Å²) in [5.74, 6) is -1.06. The molecule has 0 aliphatic carbocycles. The number of allylic oxidation sites excluding steroid dienone is 2. The molecule has 4 amide bonds. The van der Waals surface area contributed by atoms with E-state index in [-0.39, 0.29) is 30.2 Å². The molecule has 0 spiro atoms. The average Bonchev–Trinajstić information content (AvgIpc) is 3.43. The maximum absolute atomic E-state index is 13.9. The molecule has 2 aromatic carbocycles. The molecular formula is C32H39ClN4O4. The van der Waals surface area contributed by atoms with Crippen LogP contribution in [0.3, 0.4) is 0 Å². The number of hydrogen-bond donors (Lipinski definition) is 3. The molecule has 0 saturated carbocycles. The Morgan fingerprint density at radius 2 is 1.68 bits per heavy atom. The largest absolute Gasteiger partial charge is 0.356 e. The summed E-state index contributed by atoms with van der Waals surface area (Å²) in [5, 5.41) is 9.35. The zero-order chi connectivity index (χ0) is 29.0. The van der Waals surface area contributed by atoms with Crippen LogP contribution >= 0.6 is 11.6 Å². The van der Waals surface area contributed by atoms with E-state index in [0.717, 1.165) is 37.7 Å². The molecule has 1 fully saturated rings. The van der Waals surface area contributed by atoms with Crippen molar-refractivity contribution in [3.05, 3.63) is 82.9 Å². The van der Waals surface area contributed by atoms with Gasteiger partial charge in [0.15, 0.2) is 0 Å². The van der Waals surface area contributed by atoms with Gasteiger partial charge in [0, 0.05) is 42.6 Å². The number of carbonyl (C=O) groups is 4. The van der Waals surface area contributed by atoms with E-state index in [0.29, 0.717) is 42.9 Å². The highest BCUT2D eigenvalue weighted by Crippen LogP contribution is 2.22. The van der Waals surface area contributed by atoms with Crippen LogP contribution in [0.4, 0.5) is 0 Å². The van der Waals surface area contributed by atoms with Crippen LogP contribution in [0.25, 0.3) is 0 Å². The molecule has 41 heavy (non-hydrogen) atoms. The van der Waals surface area contributed by atoms with Gasteiger partial charge in [-0.05, 0) is 74.8 Å². The van der Waals surface area contributed by atoms with E-state index < -0.39 is 18.0 Å². The first-order chi connectivity index (χ1) is 19.9. The second kappa shape index (κ2) is 15.4. The van der Waals surface area contributed by atoms with Gasteiger partial charge in [-0.2, -0.15) is 0 Å². The van der Waals surface area contributed by atoms with Crippen LogP contribution < -0.4 is 16.0 Å². The summed E-state index contributed by atoms with van der Waals surface area (Å²) in [6.45, 7) is 1.15. The third-order valence-corrected chi connectivity index (χ3v) is 7.87. The van der Waals surface area contributed by atoms with E-state index in [2.05, 4.69) is 22.0 Å². The number of halogens is 1. The number of rotatable bonds is 4. The normalized spacial score (nSPS) is 23.1. The highest BCUT2D eigenvalue weighted by atomic mass is 35.5. The summed E-state index contributed by atoms with van der Waals surface area (Å²) in [4.78, 5) is 55.1. The monoisotopic (exact) mass is 578 g/mol. The van der Waals surface area contributed by atoms with Gasteiger partial charge in [0.05, 0.1) is 0 Å². The van der Waals surface area contributed by atoms with Gasteiger partial charge in [0.1, 0.15) is 12.1 Å². The third kappa shape index (κ3) is 9.18. The molecule has 3 atom stereocenters. The lowest BCUT2D eigenvalue weighted by atomic mass is 10.0. The van der Waals surface area contributed by atoms with Crippen LogP contribution in [0.15, 0.2) is 66.7 Å². The highest BCUT2D eigenvalue weighted by molar-refractivity contribution is 6.30. The number of nitrogens with zero attached hydrogens (tertiary/aromatic N) is 1. The van der Waals surface area contributed by atoms with Gasteiger partial charge in [0.25, 0.3) is 5.91 Å². The van der Waals surface area contributed by atoms with Crippen molar-refractivity contribution in [2.24, 2.45) is 0 Å². The van der Waals surface area contributed by atoms with Crippen LogP contribution in [-0.4, -0.2) is 59.7 Å². The summed E-state index contributed by atoms with van der Waals surface area (Å²) < 4.78 is 0. The van der Waals surface area contributed by atoms with E-state index >= 15 is 0 Å². The summed E-state index contributed by atoms with van der Waals surface area (Å²) in [7, 11) is 0. The van der Waals surface area contributed by atoms with Crippen LogP contribution in [-0.2, 0) is 20.8 Å². The minimum atomic E-state index is -0.840. The summed E-state index contributed by atoms with van der Waals surface area (Å²) in [6, 6.07) is 14.1. The van der Waals surface area contributed by atoms with Crippen molar-refractivity contribution >= 4 is 35.2 Å². The molecule has 0 aromatic heterocycles. The molecule has 3 unspecified atom stereocenters. The lowest BCUT2D eigenvalue weighted by Gasteiger charge is -2.30. The summed E-state index contributed by atoms with van der Waals surface area (Å²) in [5.41, 5.74) is 1.30. The van der Waals surface area contributed by atoms with E-state index in [1.165, 1.54) is 0 Å². The fraction of sp³-hybridized carbons (Fsp3) is 0.438. The minimum absolute atomic E-state index is 0.0556. The maximum Gasteiger partial charge on any atom is 0.251 e. The number of amides is 4. The molecule has 2 aromatic rings. The number of benzene rings is 2. The molecule has 0 bridgehead atoms. The third-order valence-electron chi connectivity index (χ3n) is 7.62. The van der Waals surface area contributed by atoms with E-state index in [1.54, 1.807) is 29.2 Å². The summed E-state index contributed by atoms with van der Waals surface area (Å²) >= 11 is 5.98. The Labute approximate surface area is 246 Å². The standard InChI is InChI=1S/C32H39ClN4O4/c33-25-17-15-24(16-18-25)30(39)35-27-14-8-3-1-2-4-9-19-34-29(38)22-26-13-10-20-37(26)32(41)28(36-31(27)40)21-23-11-6-5-7-12-23/h1,3,5-7,11-12,15-18,26-28H,2,4,8-10,13-14,19-22H2,(H,34,38)(H,35,39)(H,36,40). The molecule has 4 rings (SSSR count). The molecule has 2 aliphatic heterocycles. The van der Waals surface area contributed by atoms with E-state index in [1.807, 2.05) is 36.4 Å². The van der Waals surface area contributed by atoms with Gasteiger partial charge in [-0.15, -0.1) is 0 Å². The Hall–Kier alpha value is -3.65. The number of nitrogens with one attached hydrogen (secondary N) is 3. The zero-order valence-electron chi connectivity index (χ0n) is 23.3. The second-order valence-corrected chi connectivity index (χ2v) is 11.1. The first-order valence-electron chi connectivity index (χ1n) is 14.5. The highest BCUT2D eigenvalue weighted by Gasteiger charge is 2.36. The number of fused-ring (bicyclic) bond motifs is 1. The lowest BCUT2D eigenvalue weighted by molar-refractivity contribution is -0.138. The molecule has 218 valence electrons. The Bertz CT molecular complexity index is 1220. The summed E-state index contributed by atoms with van der Waals surface area (Å²) in [6.07, 6.45) is 9.82. The maximum atomic E-state index is 13.9. The Balaban J connectivity index is 1.58. The molecule has 2 aliphatic rings. The van der Waals surface area contributed by atoms with Crippen molar-refractivity contribution in [1.82, 2.24) is 20.9 Å². The molecule has 3 N–H and O–H groups in total. The first kappa shape index (κ1) is 30.3. The average molecular weight is 579 g/mol.